The van der Waals surface area contributed by atoms with E-state index >= 15 is 0 Å². The summed E-state index contributed by atoms with van der Waals surface area (Å²) in [5.41, 5.74) is 7.97. The summed E-state index contributed by atoms with van der Waals surface area (Å²) in [6.07, 6.45) is 2.59. The largest absolute Gasteiger partial charge is 0.328 e. The van der Waals surface area contributed by atoms with E-state index in [1.54, 1.807) is 0 Å². The van der Waals surface area contributed by atoms with Gasteiger partial charge in [0.15, 0.2) is 0 Å². The Kier molecular flexibility index (Phi) is 4.99. The van der Waals surface area contributed by atoms with E-state index in [0.29, 0.717) is 11.6 Å². The SMILES string of the molecule is NC1CCC(C(=O)N(Cc2ccc(Cl)cc2)c2ccccc2)C1. The van der Waals surface area contributed by atoms with E-state index in [-0.39, 0.29) is 17.9 Å². The molecule has 120 valence electrons. The Morgan fingerprint density at radius 1 is 1.09 bits per heavy atom. The van der Waals surface area contributed by atoms with Crippen LogP contribution in [-0.2, 0) is 11.3 Å². The van der Waals surface area contributed by atoms with Gasteiger partial charge in [-0.05, 0) is 49.1 Å². The molecule has 1 aliphatic carbocycles. The van der Waals surface area contributed by atoms with Crippen LogP contribution in [-0.4, -0.2) is 11.9 Å². The number of hydrogen-bond acceptors (Lipinski definition) is 2. The topological polar surface area (TPSA) is 46.3 Å². The summed E-state index contributed by atoms with van der Waals surface area (Å²) in [5.74, 6) is 0.191. The van der Waals surface area contributed by atoms with Gasteiger partial charge in [0.05, 0.1) is 6.54 Å². The summed E-state index contributed by atoms with van der Waals surface area (Å²) in [6, 6.07) is 17.6. The molecule has 1 amide bonds. The molecule has 2 aromatic rings. The fraction of sp³-hybridized carbons (Fsp3) is 0.316. The monoisotopic (exact) mass is 328 g/mol. The molecule has 0 heterocycles. The van der Waals surface area contributed by atoms with Gasteiger partial charge in [-0.25, -0.2) is 0 Å². The van der Waals surface area contributed by atoms with E-state index in [1.165, 1.54) is 0 Å². The van der Waals surface area contributed by atoms with Crippen molar-refractivity contribution in [2.45, 2.75) is 31.8 Å². The van der Waals surface area contributed by atoms with Crippen molar-refractivity contribution in [3.05, 3.63) is 65.2 Å². The molecule has 0 saturated heterocycles. The van der Waals surface area contributed by atoms with Crippen molar-refractivity contribution < 1.29 is 4.79 Å². The number of carbonyl (C=O) groups excluding carboxylic acids is 1. The van der Waals surface area contributed by atoms with Crippen LogP contribution in [0.5, 0.6) is 0 Å². The molecule has 0 aromatic heterocycles. The number of carbonyl (C=O) groups is 1. The Hall–Kier alpha value is -1.84. The van der Waals surface area contributed by atoms with Crippen LogP contribution in [0.4, 0.5) is 5.69 Å². The van der Waals surface area contributed by atoms with Gasteiger partial charge in [0.1, 0.15) is 0 Å². The zero-order valence-corrected chi connectivity index (χ0v) is 13.7. The van der Waals surface area contributed by atoms with Crippen LogP contribution in [0, 0.1) is 5.92 Å². The maximum atomic E-state index is 13.0. The molecule has 23 heavy (non-hydrogen) atoms. The highest BCUT2D eigenvalue weighted by atomic mass is 35.5. The Bertz CT molecular complexity index is 657. The Morgan fingerprint density at radius 2 is 1.78 bits per heavy atom. The first-order valence-electron chi connectivity index (χ1n) is 8.00. The zero-order valence-electron chi connectivity index (χ0n) is 13.0. The van der Waals surface area contributed by atoms with Crippen molar-refractivity contribution in [1.82, 2.24) is 0 Å². The molecule has 4 heteroatoms. The number of rotatable bonds is 4. The summed E-state index contributed by atoms with van der Waals surface area (Å²) >= 11 is 5.95. The average molecular weight is 329 g/mol. The second kappa shape index (κ2) is 7.16. The average Bonchev–Trinajstić information content (AvgIpc) is 3.01. The first-order valence-corrected chi connectivity index (χ1v) is 8.38. The van der Waals surface area contributed by atoms with Gasteiger partial charge >= 0.3 is 0 Å². The first kappa shape index (κ1) is 16.0. The fourth-order valence-electron chi connectivity index (χ4n) is 3.14. The Balaban J connectivity index is 1.84. The molecule has 2 atom stereocenters. The molecule has 1 saturated carbocycles. The fourth-order valence-corrected chi connectivity index (χ4v) is 3.26. The van der Waals surface area contributed by atoms with E-state index < -0.39 is 0 Å². The number of anilines is 1. The third kappa shape index (κ3) is 3.92. The summed E-state index contributed by atoms with van der Waals surface area (Å²) in [6.45, 7) is 0.547. The van der Waals surface area contributed by atoms with Gasteiger partial charge in [0.25, 0.3) is 0 Å². The van der Waals surface area contributed by atoms with Gasteiger partial charge in [0, 0.05) is 22.7 Å². The van der Waals surface area contributed by atoms with Crippen molar-refractivity contribution in [3.63, 3.8) is 0 Å². The van der Waals surface area contributed by atoms with Crippen molar-refractivity contribution in [2.75, 3.05) is 4.90 Å². The lowest BCUT2D eigenvalue weighted by Crippen LogP contribution is -2.35. The first-order chi connectivity index (χ1) is 11.1. The van der Waals surface area contributed by atoms with Crippen LogP contribution >= 0.6 is 11.6 Å². The molecule has 2 N–H and O–H groups in total. The second-order valence-electron chi connectivity index (χ2n) is 6.16. The predicted molar refractivity (Wildman–Crippen MR) is 94.4 cm³/mol. The van der Waals surface area contributed by atoms with Crippen LogP contribution in [0.2, 0.25) is 5.02 Å². The minimum atomic E-state index is 0.0255. The number of amides is 1. The van der Waals surface area contributed by atoms with Crippen molar-refractivity contribution >= 4 is 23.2 Å². The van der Waals surface area contributed by atoms with Gasteiger partial charge in [-0.2, -0.15) is 0 Å². The van der Waals surface area contributed by atoms with E-state index in [2.05, 4.69) is 0 Å². The van der Waals surface area contributed by atoms with E-state index in [9.17, 15) is 4.79 Å². The highest BCUT2D eigenvalue weighted by Gasteiger charge is 2.31. The van der Waals surface area contributed by atoms with Crippen LogP contribution in [0.1, 0.15) is 24.8 Å². The van der Waals surface area contributed by atoms with E-state index in [4.69, 9.17) is 17.3 Å². The lowest BCUT2D eigenvalue weighted by molar-refractivity contribution is -0.122. The normalized spacial score (nSPS) is 20.4. The number of para-hydroxylation sites is 1. The zero-order chi connectivity index (χ0) is 16.2. The molecule has 0 aliphatic heterocycles. The molecule has 0 radical (unpaired) electrons. The van der Waals surface area contributed by atoms with Crippen molar-refractivity contribution in [2.24, 2.45) is 11.7 Å². The summed E-state index contributed by atoms with van der Waals surface area (Å²) in [7, 11) is 0. The number of nitrogens with two attached hydrogens (primary N) is 1. The molecule has 1 aliphatic rings. The molecule has 2 unspecified atom stereocenters. The predicted octanol–water partition coefficient (Wildman–Crippen LogP) is 4.00. The van der Waals surface area contributed by atoms with Gasteiger partial charge in [-0.15, -0.1) is 0 Å². The van der Waals surface area contributed by atoms with Gasteiger partial charge in [0.2, 0.25) is 5.91 Å². The third-order valence-electron chi connectivity index (χ3n) is 4.41. The second-order valence-corrected chi connectivity index (χ2v) is 6.59. The maximum absolute atomic E-state index is 13.0. The Morgan fingerprint density at radius 3 is 2.39 bits per heavy atom. The lowest BCUT2D eigenvalue weighted by atomic mass is 10.0. The maximum Gasteiger partial charge on any atom is 0.230 e. The Labute approximate surface area is 142 Å². The molecule has 1 fully saturated rings. The summed E-state index contributed by atoms with van der Waals surface area (Å²) in [5, 5.41) is 0.702. The van der Waals surface area contributed by atoms with Crippen molar-refractivity contribution in [3.8, 4) is 0 Å². The van der Waals surface area contributed by atoms with Crippen LogP contribution in [0.3, 0.4) is 0 Å². The number of hydrogen-bond donors (Lipinski definition) is 1. The minimum absolute atomic E-state index is 0.0255. The molecular formula is C19H21ClN2O. The summed E-state index contributed by atoms with van der Waals surface area (Å²) < 4.78 is 0. The molecule has 3 rings (SSSR count). The van der Waals surface area contributed by atoms with Crippen LogP contribution < -0.4 is 10.6 Å². The lowest BCUT2D eigenvalue weighted by Gasteiger charge is -2.26. The van der Waals surface area contributed by atoms with Crippen molar-refractivity contribution in [1.29, 1.82) is 0 Å². The van der Waals surface area contributed by atoms with Crippen LogP contribution in [0.25, 0.3) is 0 Å². The number of halogens is 1. The van der Waals surface area contributed by atoms with Gasteiger partial charge in [-0.3, -0.25) is 4.79 Å². The standard InChI is InChI=1S/C19H21ClN2O/c20-16-9-6-14(7-10-16)13-22(18-4-2-1-3-5-18)19(23)15-8-11-17(21)12-15/h1-7,9-10,15,17H,8,11-13,21H2. The van der Waals surface area contributed by atoms with Gasteiger partial charge < -0.3 is 10.6 Å². The van der Waals surface area contributed by atoms with Crippen LogP contribution in [0.15, 0.2) is 54.6 Å². The third-order valence-corrected chi connectivity index (χ3v) is 4.66. The molecular weight excluding hydrogens is 308 g/mol. The highest BCUT2D eigenvalue weighted by Crippen LogP contribution is 2.29. The van der Waals surface area contributed by atoms with E-state index in [1.807, 2.05) is 59.5 Å². The number of nitrogens with zero attached hydrogens (tertiary/aromatic N) is 1. The summed E-state index contributed by atoms with van der Waals surface area (Å²) in [4.78, 5) is 14.9. The highest BCUT2D eigenvalue weighted by molar-refractivity contribution is 6.30. The number of benzene rings is 2. The molecule has 0 bridgehead atoms. The molecule has 0 spiro atoms. The smallest absolute Gasteiger partial charge is 0.230 e. The quantitative estimate of drug-likeness (QED) is 0.922. The van der Waals surface area contributed by atoms with E-state index in [0.717, 1.165) is 30.5 Å². The molecule has 3 nitrogen and oxygen atoms in total. The minimum Gasteiger partial charge on any atom is -0.328 e. The van der Waals surface area contributed by atoms with Gasteiger partial charge in [-0.1, -0.05) is 41.9 Å². The molecule has 2 aromatic carbocycles.